The number of allylic oxidation sites excluding steroid dienone is 1. The minimum absolute atomic E-state index is 0.0338. The number of benzene rings is 2. The van der Waals surface area contributed by atoms with Gasteiger partial charge in [0.25, 0.3) is 5.69 Å². The van der Waals surface area contributed by atoms with Crippen LogP contribution in [0.3, 0.4) is 0 Å². The second-order valence-electron chi connectivity index (χ2n) is 7.40. The standard InChI is InChI=1S/C23H22N4O2S/c1-15(2)10-17-4-6-18(7-5-17)22-14-30-23(26-22)19(12-24)13-25-21-9-8-20(27(28)29)11-16(21)3/h4-9,11,13-15,25H,10H2,1-3H3/b19-13+. The number of anilines is 1. The fraction of sp³-hybridized carbons (Fsp3) is 0.217. The maximum Gasteiger partial charge on any atom is 0.269 e. The average molecular weight is 419 g/mol. The quantitative estimate of drug-likeness (QED) is 0.280. The summed E-state index contributed by atoms with van der Waals surface area (Å²) in [6, 6.07) is 15.1. The van der Waals surface area contributed by atoms with Gasteiger partial charge in [0, 0.05) is 35.0 Å². The topological polar surface area (TPSA) is 91.9 Å². The van der Waals surface area contributed by atoms with Crippen LogP contribution in [0.2, 0.25) is 0 Å². The third-order valence-electron chi connectivity index (χ3n) is 4.54. The zero-order valence-corrected chi connectivity index (χ0v) is 17.9. The van der Waals surface area contributed by atoms with Crippen molar-refractivity contribution < 1.29 is 4.92 Å². The van der Waals surface area contributed by atoms with Crippen molar-refractivity contribution in [1.82, 2.24) is 4.98 Å². The van der Waals surface area contributed by atoms with Crippen LogP contribution in [-0.2, 0) is 6.42 Å². The maximum absolute atomic E-state index is 10.9. The Morgan fingerprint density at radius 1 is 1.30 bits per heavy atom. The molecule has 0 radical (unpaired) electrons. The van der Waals surface area contributed by atoms with Crippen LogP contribution in [0.25, 0.3) is 16.8 Å². The number of non-ortho nitro benzene ring substituents is 1. The van der Waals surface area contributed by atoms with E-state index in [1.54, 1.807) is 19.2 Å². The number of thiazole rings is 1. The molecule has 0 saturated carbocycles. The van der Waals surface area contributed by atoms with Gasteiger partial charge in [-0.2, -0.15) is 5.26 Å². The number of aromatic nitrogens is 1. The summed E-state index contributed by atoms with van der Waals surface area (Å²) in [6.45, 7) is 6.17. The normalized spacial score (nSPS) is 11.4. The molecule has 1 aromatic heterocycles. The zero-order chi connectivity index (χ0) is 21.7. The van der Waals surface area contributed by atoms with Crippen molar-refractivity contribution >= 4 is 28.3 Å². The van der Waals surface area contributed by atoms with Crippen molar-refractivity contribution in [2.75, 3.05) is 5.32 Å². The molecule has 7 heteroatoms. The van der Waals surface area contributed by atoms with E-state index in [9.17, 15) is 15.4 Å². The number of nitrogens with one attached hydrogen (secondary N) is 1. The van der Waals surface area contributed by atoms with Crippen LogP contribution in [0, 0.1) is 34.3 Å². The molecular weight excluding hydrogens is 396 g/mol. The number of nitro benzene ring substituents is 1. The summed E-state index contributed by atoms with van der Waals surface area (Å²) in [6.07, 6.45) is 2.63. The van der Waals surface area contributed by atoms with Crippen molar-refractivity contribution in [2.45, 2.75) is 27.2 Å². The van der Waals surface area contributed by atoms with Crippen LogP contribution in [0.4, 0.5) is 11.4 Å². The third kappa shape index (κ3) is 5.10. The van der Waals surface area contributed by atoms with E-state index >= 15 is 0 Å². The molecule has 0 spiro atoms. The van der Waals surface area contributed by atoms with Crippen LogP contribution in [-0.4, -0.2) is 9.91 Å². The second-order valence-corrected chi connectivity index (χ2v) is 8.26. The molecule has 0 aliphatic carbocycles. The summed E-state index contributed by atoms with van der Waals surface area (Å²) >= 11 is 1.41. The lowest BCUT2D eigenvalue weighted by Gasteiger charge is -2.06. The Balaban J connectivity index is 1.77. The van der Waals surface area contributed by atoms with Gasteiger partial charge in [-0.15, -0.1) is 11.3 Å². The first-order valence-corrected chi connectivity index (χ1v) is 10.4. The molecule has 1 heterocycles. The van der Waals surface area contributed by atoms with E-state index in [0.29, 0.717) is 22.2 Å². The smallest absolute Gasteiger partial charge is 0.269 e. The molecule has 0 aliphatic heterocycles. The van der Waals surface area contributed by atoms with Gasteiger partial charge in [-0.05, 0) is 36.5 Å². The Morgan fingerprint density at radius 3 is 2.63 bits per heavy atom. The van der Waals surface area contributed by atoms with Gasteiger partial charge in [-0.1, -0.05) is 38.1 Å². The second kappa shape index (κ2) is 9.33. The number of rotatable bonds is 7. The van der Waals surface area contributed by atoms with Crippen molar-refractivity contribution in [3.8, 4) is 17.3 Å². The summed E-state index contributed by atoms with van der Waals surface area (Å²) in [5, 5.41) is 26.1. The molecule has 0 fully saturated rings. The van der Waals surface area contributed by atoms with Gasteiger partial charge in [0.1, 0.15) is 16.6 Å². The number of nitro groups is 1. The first-order valence-electron chi connectivity index (χ1n) is 9.54. The van der Waals surface area contributed by atoms with Gasteiger partial charge >= 0.3 is 0 Å². The first-order chi connectivity index (χ1) is 14.4. The van der Waals surface area contributed by atoms with E-state index in [0.717, 1.165) is 23.2 Å². The predicted molar refractivity (Wildman–Crippen MR) is 121 cm³/mol. The lowest BCUT2D eigenvalue weighted by atomic mass is 10.0. The molecule has 0 amide bonds. The molecule has 3 aromatic rings. The summed E-state index contributed by atoms with van der Waals surface area (Å²) < 4.78 is 0. The largest absolute Gasteiger partial charge is 0.360 e. The highest BCUT2D eigenvalue weighted by atomic mass is 32.1. The number of nitriles is 1. The Morgan fingerprint density at radius 2 is 2.03 bits per heavy atom. The summed E-state index contributed by atoms with van der Waals surface area (Å²) in [5.74, 6) is 0.608. The van der Waals surface area contributed by atoms with Gasteiger partial charge < -0.3 is 5.32 Å². The van der Waals surface area contributed by atoms with Crippen LogP contribution in [0.15, 0.2) is 54.0 Å². The minimum atomic E-state index is -0.431. The van der Waals surface area contributed by atoms with Crippen molar-refractivity contribution in [3.05, 3.63) is 80.3 Å². The first kappa shape index (κ1) is 21.2. The van der Waals surface area contributed by atoms with Gasteiger partial charge in [-0.3, -0.25) is 10.1 Å². The molecule has 6 nitrogen and oxygen atoms in total. The van der Waals surface area contributed by atoms with Crippen molar-refractivity contribution in [1.29, 1.82) is 5.26 Å². The molecule has 0 bridgehead atoms. The van der Waals surface area contributed by atoms with Gasteiger partial charge in [0.15, 0.2) is 0 Å². The summed E-state index contributed by atoms with van der Waals surface area (Å²) in [7, 11) is 0. The van der Waals surface area contributed by atoms with E-state index in [2.05, 4.69) is 54.5 Å². The lowest BCUT2D eigenvalue weighted by Crippen LogP contribution is -1.95. The van der Waals surface area contributed by atoms with E-state index in [1.807, 2.05) is 5.38 Å². The highest BCUT2D eigenvalue weighted by Crippen LogP contribution is 2.27. The van der Waals surface area contributed by atoms with Gasteiger partial charge in [0.2, 0.25) is 0 Å². The molecule has 2 aromatic carbocycles. The minimum Gasteiger partial charge on any atom is -0.360 e. The highest BCUT2D eigenvalue weighted by molar-refractivity contribution is 7.11. The molecule has 30 heavy (non-hydrogen) atoms. The van der Waals surface area contributed by atoms with E-state index < -0.39 is 4.92 Å². The predicted octanol–water partition coefficient (Wildman–Crippen LogP) is 6.20. The Labute approximate surface area is 179 Å². The SMILES string of the molecule is Cc1cc([N+](=O)[O-])ccc1N/C=C(\C#N)c1nc(-c2ccc(CC(C)C)cc2)cs1. The number of hydrogen-bond donors (Lipinski definition) is 1. The fourth-order valence-corrected chi connectivity index (χ4v) is 3.82. The Bertz CT molecular complexity index is 1120. The molecule has 0 saturated heterocycles. The zero-order valence-electron chi connectivity index (χ0n) is 17.0. The Kier molecular flexibility index (Phi) is 6.60. The molecule has 0 unspecified atom stereocenters. The van der Waals surface area contributed by atoms with Gasteiger partial charge in [0.05, 0.1) is 10.6 Å². The lowest BCUT2D eigenvalue weighted by molar-refractivity contribution is -0.384. The fourth-order valence-electron chi connectivity index (χ4n) is 3.03. The highest BCUT2D eigenvalue weighted by Gasteiger charge is 2.11. The monoisotopic (exact) mass is 418 g/mol. The Hall–Kier alpha value is -3.50. The molecule has 0 aliphatic rings. The summed E-state index contributed by atoms with van der Waals surface area (Å²) in [4.78, 5) is 15.1. The van der Waals surface area contributed by atoms with Crippen molar-refractivity contribution in [2.24, 2.45) is 5.92 Å². The molecule has 1 N–H and O–H groups in total. The van der Waals surface area contributed by atoms with E-state index in [4.69, 9.17) is 0 Å². The van der Waals surface area contributed by atoms with E-state index in [1.165, 1.54) is 29.0 Å². The third-order valence-corrected chi connectivity index (χ3v) is 5.42. The number of nitrogens with zero attached hydrogens (tertiary/aromatic N) is 3. The van der Waals surface area contributed by atoms with E-state index in [-0.39, 0.29) is 5.69 Å². The maximum atomic E-state index is 10.9. The van der Waals surface area contributed by atoms with Crippen LogP contribution in [0.5, 0.6) is 0 Å². The van der Waals surface area contributed by atoms with Crippen molar-refractivity contribution in [3.63, 3.8) is 0 Å². The van der Waals surface area contributed by atoms with Gasteiger partial charge in [-0.25, -0.2) is 4.98 Å². The average Bonchev–Trinajstić information content (AvgIpc) is 3.19. The van der Waals surface area contributed by atoms with Crippen LogP contribution in [0.1, 0.15) is 30.0 Å². The summed E-state index contributed by atoms with van der Waals surface area (Å²) in [5.41, 5.74) is 5.00. The van der Waals surface area contributed by atoms with Crippen LogP contribution < -0.4 is 5.32 Å². The number of aryl methyl sites for hydroxylation is 1. The molecular formula is C23H22N4O2S. The number of hydrogen-bond acceptors (Lipinski definition) is 6. The molecule has 0 atom stereocenters. The van der Waals surface area contributed by atoms with Crippen LogP contribution >= 0.6 is 11.3 Å². The molecule has 152 valence electrons. The molecule has 3 rings (SSSR count).